The van der Waals surface area contributed by atoms with E-state index in [2.05, 4.69) is 10.6 Å². The van der Waals surface area contributed by atoms with Crippen molar-refractivity contribution < 1.29 is 13.2 Å². The van der Waals surface area contributed by atoms with Gasteiger partial charge in [0.15, 0.2) is 9.84 Å². The molecule has 18 heavy (non-hydrogen) atoms. The number of carbonyl (C=O) groups is 1. The molecule has 98 valence electrons. The number of benzene rings is 1. The number of rotatable bonds is 3. The molecule has 1 aromatic carbocycles. The van der Waals surface area contributed by atoms with Crippen LogP contribution in [0.5, 0.6) is 0 Å². The van der Waals surface area contributed by atoms with E-state index >= 15 is 0 Å². The van der Waals surface area contributed by atoms with E-state index in [-0.39, 0.29) is 16.8 Å². The molecule has 1 fully saturated rings. The molecule has 0 aromatic heterocycles. The van der Waals surface area contributed by atoms with E-state index in [1.165, 1.54) is 12.1 Å². The van der Waals surface area contributed by atoms with Crippen molar-refractivity contribution in [3.05, 3.63) is 29.8 Å². The van der Waals surface area contributed by atoms with Gasteiger partial charge in [0.2, 0.25) is 0 Å². The third-order valence-electron chi connectivity index (χ3n) is 2.92. The lowest BCUT2D eigenvalue weighted by molar-refractivity contribution is 0.0940. The summed E-state index contributed by atoms with van der Waals surface area (Å²) in [5.74, 6) is -0.228. The molecule has 2 rings (SSSR count). The highest BCUT2D eigenvalue weighted by Crippen LogP contribution is 2.11. The highest BCUT2D eigenvalue weighted by atomic mass is 32.2. The number of hydrogen-bond donors (Lipinski definition) is 2. The van der Waals surface area contributed by atoms with Gasteiger partial charge in [-0.15, -0.1) is 0 Å². The monoisotopic (exact) mass is 268 g/mol. The van der Waals surface area contributed by atoms with Gasteiger partial charge >= 0.3 is 0 Å². The van der Waals surface area contributed by atoms with Crippen LogP contribution in [0, 0.1) is 0 Å². The second kappa shape index (κ2) is 5.07. The molecule has 0 aliphatic carbocycles. The first kappa shape index (κ1) is 13.0. The predicted molar refractivity (Wildman–Crippen MR) is 68.3 cm³/mol. The fourth-order valence-electron chi connectivity index (χ4n) is 1.91. The zero-order chi connectivity index (χ0) is 13.2. The Bertz CT molecular complexity index is 548. The molecule has 1 aliphatic heterocycles. The molecule has 0 radical (unpaired) electrons. The van der Waals surface area contributed by atoms with Crippen molar-refractivity contribution in [1.82, 2.24) is 10.6 Å². The lowest BCUT2D eigenvalue weighted by Gasteiger charge is -2.11. The average Bonchev–Trinajstić information content (AvgIpc) is 2.81. The standard InChI is InChI=1S/C12H16N2O3S/c1-18(16,17)11-4-2-3-9(7-11)12(15)14-10-5-6-13-8-10/h2-4,7,10,13H,5-6,8H2,1H3,(H,14,15)/t10-/m0/s1. The molecule has 5 nitrogen and oxygen atoms in total. The smallest absolute Gasteiger partial charge is 0.251 e. The molecule has 0 unspecified atom stereocenters. The molecule has 6 heteroatoms. The molecule has 1 aliphatic rings. The first-order valence-corrected chi connectivity index (χ1v) is 7.67. The lowest BCUT2D eigenvalue weighted by atomic mass is 10.2. The van der Waals surface area contributed by atoms with E-state index in [9.17, 15) is 13.2 Å². The predicted octanol–water partition coefficient (Wildman–Crippen LogP) is 0.182. The van der Waals surface area contributed by atoms with Crippen molar-refractivity contribution in [2.45, 2.75) is 17.4 Å². The molecule has 1 saturated heterocycles. The van der Waals surface area contributed by atoms with Crippen LogP contribution in [0.4, 0.5) is 0 Å². The van der Waals surface area contributed by atoms with Gasteiger partial charge in [-0.1, -0.05) is 6.07 Å². The SMILES string of the molecule is CS(=O)(=O)c1cccc(C(=O)N[C@H]2CCNC2)c1. The Morgan fingerprint density at radius 3 is 2.83 bits per heavy atom. The Morgan fingerprint density at radius 1 is 1.44 bits per heavy atom. The topological polar surface area (TPSA) is 75.3 Å². The van der Waals surface area contributed by atoms with Crippen LogP contribution in [0.2, 0.25) is 0 Å². The van der Waals surface area contributed by atoms with Crippen LogP contribution in [0.1, 0.15) is 16.8 Å². The quantitative estimate of drug-likeness (QED) is 0.820. The van der Waals surface area contributed by atoms with Gasteiger partial charge in [-0.05, 0) is 31.2 Å². The summed E-state index contributed by atoms with van der Waals surface area (Å²) in [6.45, 7) is 1.66. The summed E-state index contributed by atoms with van der Waals surface area (Å²) in [5, 5.41) is 6.03. The second-order valence-electron chi connectivity index (χ2n) is 4.46. The van der Waals surface area contributed by atoms with Gasteiger partial charge in [-0.2, -0.15) is 0 Å². The maximum atomic E-state index is 11.9. The molecule has 1 atom stereocenters. The normalized spacial score (nSPS) is 19.7. The minimum absolute atomic E-state index is 0.124. The lowest BCUT2D eigenvalue weighted by Crippen LogP contribution is -2.36. The van der Waals surface area contributed by atoms with E-state index in [1.54, 1.807) is 12.1 Å². The zero-order valence-corrected chi connectivity index (χ0v) is 11.0. The van der Waals surface area contributed by atoms with Gasteiger partial charge in [0.25, 0.3) is 5.91 Å². The Hall–Kier alpha value is -1.40. The van der Waals surface area contributed by atoms with E-state index < -0.39 is 9.84 Å². The summed E-state index contributed by atoms with van der Waals surface area (Å²) in [6, 6.07) is 6.22. The summed E-state index contributed by atoms with van der Waals surface area (Å²) in [4.78, 5) is 12.1. The number of carbonyl (C=O) groups excluding carboxylic acids is 1. The van der Waals surface area contributed by atoms with Crippen LogP contribution in [0.25, 0.3) is 0 Å². The molecule has 1 amide bonds. The van der Waals surface area contributed by atoms with Gasteiger partial charge in [-0.25, -0.2) is 8.42 Å². The van der Waals surface area contributed by atoms with Gasteiger partial charge < -0.3 is 10.6 Å². The van der Waals surface area contributed by atoms with E-state index in [0.29, 0.717) is 5.56 Å². The number of sulfone groups is 1. The van der Waals surface area contributed by atoms with Gasteiger partial charge in [0.1, 0.15) is 0 Å². The van der Waals surface area contributed by atoms with Crippen molar-refractivity contribution in [2.75, 3.05) is 19.3 Å². The molecule has 1 heterocycles. The minimum atomic E-state index is -3.28. The van der Waals surface area contributed by atoms with Crippen molar-refractivity contribution in [3.63, 3.8) is 0 Å². The van der Waals surface area contributed by atoms with Crippen LogP contribution >= 0.6 is 0 Å². The third-order valence-corrected chi connectivity index (χ3v) is 4.03. The van der Waals surface area contributed by atoms with E-state index in [1.807, 2.05) is 0 Å². The fourth-order valence-corrected chi connectivity index (χ4v) is 2.58. The minimum Gasteiger partial charge on any atom is -0.348 e. The summed E-state index contributed by atoms with van der Waals surface area (Å²) in [7, 11) is -3.28. The molecule has 0 spiro atoms. The van der Waals surface area contributed by atoms with Crippen LogP contribution in [-0.4, -0.2) is 39.7 Å². The van der Waals surface area contributed by atoms with Gasteiger partial charge in [0.05, 0.1) is 4.90 Å². The van der Waals surface area contributed by atoms with Gasteiger partial charge in [-0.3, -0.25) is 4.79 Å². The first-order valence-electron chi connectivity index (χ1n) is 5.78. The number of nitrogens with one attached hydrogen (secondary N) is 2. The van der Waals surface area contributed by atoms with E-state index in [0.717, 1.165) is 25.8 Å². The number of hydrogen-bond acceptors (Lipinski definition) is 4. The van der Waals surface area contributed by atoms with Crippen LogP contribution in [-0.2, 0) is 9.84 Å². The van der Waals surface area contributed by atoms with Crippen molar-refractivity contribution in [2.24, 2.45) is 0 Å². The van der Waals surface area contributed by atoms with Crippen molar-refractivity contribution >= 4 is 15.7 Å². The Kier molecular flexibility index (Phi) is 3.68. The average molecular weight is 268 g/mol. The van der Waals surface area contributed by atoms with Crippen molar-refractivity contribution in [1.29, 1.82) is 0 Å². The van der Waals surface area contributed by atoms with Gasteiger partial charge in [0, 0.05) is 24.4 Å². The summed E-state index contributed by atoms with van der Waals surface area (Å²) in [5.41, 5.74) is 0.379. The summed E-state index contributed by atoms with van der Waals surface area (Å²) >= 11 is 0. The third kappa shape index (κ3) is 3.08. The van der Waals surface area contributed by atoms with Crippen molar-refractivity contribution in [3.8, 4) is 0 Å². The maximum absolute atomic E-state index is 11.9. The summed E-state index contributed by atoms with van der Waals surface area (Å²) in [6.07, 6.45) is 2.03. The fraction of sp³-hybridized carbons (Fsp3) is 0.417. The largest absolute Gasteiger partial charge is 0.348 e. The second-order valence-corrected chi connectivity index (χ2v) is 6.48. The molecule has 1 aromatic rings. The Labute approximate surface area is 107 Å². The Balaban J connectivity index is 2.15. The highest BCUT2D eigenvalue weighted by Gasteiger charge is 2.18. The molecule has 0 bridgehead atoms. The van der Waals surface area contributed by atoms with Crippen LogP contribution in [0.15, 0.2) is 29.2 Å². The highest BCUT2D eigenvalue weighted by molar-refractivity contribution is 7.90. The zero-order valence-electron chi connectivity index (χ0n) is 10.1. The first-order chi connectivity index (χ1) is 8.47. The summed E-state index contributed by atoms with van der Waals surface area (Å²) < 4.78 is 22.8. The molecular formula is C12H16N2O3S. The number of amides is 1. The van der Waals surface area contributed by atoms with Crippen LogP contribution < -0.4 is 10.6 Å². The molecular weight excluding hydrogens is 252 g/mol. The molecule has 2 N–H and O–H groups in total. The Morgan fingerprint density at radius 2 is 2.22 bits per heavy atom. The molecule has 0 saturated carbocycles. The van der Waals surface area contributed by atoms with E-state index in [4.69, 9.17) is 0 Å². The maximum Gasteiger partial charge on any atom is 0.251 e. The van der Waals surface area contributed by atoms with Crippen LogP contribution in [0.3, 0.4) is 0 Å².